The first kappa shape index (κ1) is 117. The van der Waals surface area contributed by atoms with Crippen LogP contribution in [0.2, 0.25) is 72.5 Å². The van der Waals surface area contributed by atoms with E-state index in [0.29, 0.717) is 38.5 Å². The molecule has 0 bridgehead atoms. The standard InChI is InChI=1S/C132H174N6O6Si6/c1-13-19-49-115-79-91-121(92-80-115)133-103-127(73-43-67-109-55-31-25-32-56-109)148(128(74-44-68-110-57-33-26-34-58-110)104-134-122-93-81-116(82-94-122)50-20-14-2)141-146(9,10)139-145(7,8)140-147(11,12)142-149(129(75-45-69-111-59-35-27-36-60-111)105-135-123-95-83-117(84-96-123)51-21-15-3,130(76-46-70-112-61-37-28-38-62-112)106-136-124-97-85-118(86-98-124)52-22-16-4)144-150(143-148,131(77-47-71-113-63-39-29-40-64-113)107-137-125-99-87-119(88-100-125)53-23-17-5)132(78-48-72-114-65-41-30-42-66-114)108-138-126-101-89-120(90-102-126)54-24-18-6/h25-42,55-66,79-108,127-132H,13-24,43-54,67-78H2,1-12H3. The molecule has 0 radical (unpaired) electrons. The molecule has 1 heterocycles. The average molecular weight is 2110 g/mol. The molecule has 0 aromatic heterocycles. The molecule has 0 N–H and O–H groups in total. The van der Waals surface area contributed by atoms with Crippen molar-refractivity contribution in [2.45, 2.75) is 345 Å². The van der Waals surface area contributed by atoms with Gasteiger partial charge in [0, 0.05) is 70.5 Å². The molecule has 1 aliphatic heterocycles. The van der Waals surface area contributed by atoms with Crippen LogP contribution in [0, 0.1) is 0 Å². The summed E-state index contributed by atoms with van der Waals surface area (Å²) in [5.41, 5.74) is 16.8. The number of aryl methyl sites for hydroxylation is 12. The molecular weight excluding hydrogens is 1930 g/mol. The normalized spacial score (nSPS) is 18.3. The van der Waals surface area contributed by atoms with Crippen molar-refractivity contribution in [3.63, 3.8) is 0 Å². The van der Waals surface area contributed by atoms with Gasteiger partial charge in [-0.15, -0.1) is 0 Å². The summed E-state index contributed by atoms with van der Waals surface area (Å²) in [6.07, 6.45) is 45.7. The van der Waals surface area contributed by atoms with Gasteiger partial charge in [-0.3, -0.25) is 30.0 Å². The lowest BCUT2D eigenvalue weighted by atomic mass is 10.1. The molecule has 0 amide bonds. The Balaban J connectivity index is 1.29. The molecule has 0 aliphatic carbocycles. The van der Waals surface area contributed by atoms with Gasteiger partial charge in [0.05, 0.1) is 34.1 Å². The van der Waals surface area contributed by atoms with Gasteiger partial charge in [0.15, 0.2) is 0 Å². The van der Waals surface area contributed by atoms with Gasteiger partial charge in [-0.2, -0.15) is 0 Å². The third-order valence-corrected chi connectivity index (χ3v) is 57.7. The topological polar surface area (TPSA) is 130 Å². The van der Waals surface area contributed by atoms with Crippen LogP contribution in [0.25, 0.3) is 0 Å². The Bertz CT molecular complexity index is 5400. The number of nitrogens with zero attached hydrogens (tertiary/aromatic N) is 6. The minimum Gasteiger partial charge on any atom is -0.416 e. The molecule has 0 spiro atoms. The van der Waals surface area contributed by atoms with Crippen LogP contribution in [0.1, 0.15) is 262 Å². The SMILES string of the molecule is CCCCc1ccc(N=CC(CCCc2ccccc2)[Si]2(C(C=Nc3ccc(CCCC)cc3)CCCc3ccccc3)O[Si](C)(C)O[Si](C)(C)O[Si](C)(C)O[Si](C(C=Nc3ccc(CCCC)cc3)CCCc3ccccc3)(C(C=Nc3ccc(CCCC)cc3)CCCc3ccccc3)O[Si](C(C=Nc3ccc(CCCC)cc3)CCCc3ccccc3)(C(C=Nc3ccc(CCCC)cc3)CCCc3ccccc3)O2)cc1. The van der Waals surface area contributed by atoms with E-state index in [4.69, 9.17) is 38.2 Å². The summed E-state index contributed by atoms with van der Waals surface area (Å²) in [6.45, 7) is 27.4. The Hall–Kier alpha value is -10.3. The van der Waals surface area contributed by atoms with E-state index in [0.717, 1.165) is 227 Å². The third kappa shape index (κ3) is 38.2. The van der Waals surface area contributed by atoms with Crippen LogP contribution in [0.5, 0.6) is 0 Å². The second kappa shape index (κ2) is 62.2. The van der Waals surface area contributed by atoms with Crippen LogP contribution >= 0.6 is 0 Å². The number of aliphatic imine (C=N–C) groups is 6. The summed E-state index contributed by atoms with van der Waals surface area (Å²) >= 11 is 0. The molecule has 18 heteroatoms. The van der Waals surface area contributed by atoms with Gasteiger partial charge in [0.2, 0.25) is 0 Å². The lowest BCUT2D eigenvalue weighted by Crippen LogP contribution is -2.73. The summed E-state index contributed by atoms with van der Waals surface area (Å²) in [4.78, 5) is 36.6. The smallest absolute Gasteiger partial charge is 0.338 e. The Kier molecular flexibility index (Phi) is 48.4. The molecule has 6 atom stereocenters. The predicted octanol–water partition coefficient (Wildman–Crippen LogP) is 37.4. The molecule has 13 rings (SSSR count). The molecule has 1 aliphatic rings. The van der Waals surface area contributed by atoms with Crippen molar-refractivity contribution in [1.29, 1.82) is 0 Å². The highest BCUT2D eigenvalue weighted by molar-refractivity contribution is 6.99. The highest BCUT2D eigenvalue weighted by atomic mass is 28.5. The zero-order chi connectivity index (χ0) is 105. The summed E-state index contributed by atoms with van der Waals surface area (Å²) < 4.78 is 57.4. The minimum atomic E-state index is -5.10. The average Bonchev–Trinajstić information content (AvgIpc) is 0.714. The number of unbranched alkanes of at least 4 members (excludes halogenated alkanes) is 6. The first-order valence-corrected chi connectivity index (χ1v) is 71.8. The molecule has 1 fully saturated rings. The number of hydrogen-bond donors (Lipinski definition) is 0. The lowest BCUT2D eigenvalue weighted by Gasteiger charge is -2.57. The summed E-state index contributed by atoms with van der Waals surface area (Å²) in [5, 5.41) is 0. The van der Waals surface area contributed by atoms with Gasteiger partial charge in [-0.05, 0) is 371 Å². The molecule has 12 aromatic carbocycles. The van der Waals surface area contributed by atoms with E-state index in [2.05, 4.69) is 446 Å². The maximum absolute atomic E-state index is 10.6. The van der Waals surface area contributed by atoms with Gasteiger partial charge >= 0.3 is 51.4 Å². The lowest BCUT2D eigenvalue weighted by molar-refractivity contribution is 0.206. The van der Waals surface area contributed by atoms with Crippen molar-refractivity contribution in [3.05, 3.63) is 394 Å². The van der Waals surface area contributed by atoms with Crippen molar-refractivity contribution in [2.24, 2.45) is 30.0 Å². The van der Waals surface area contributed by atoms with E-state index in [-0.39, 0.29) is 0 Å². The molecule has 0 saturated carbocycles. The highest BCUT2D eigenvalue weighted by Gasteiger charge is 2.69. The van der Waals surface area contributed by atoms with E-state index in [9.17, 15) is 16.5 Å². The maximum atomic E-state index is 10.6. The molecule has 1 saturated heterocycles. The van der Waals surface area contributed by atoms with Gasteiger partial charge in [0.25, 0.3) is 0 Å². The van der Waals surface area contributed by atoms with Crippen molar-refractivity contribution in [3.8, 4) is 0 Å². The molecule has 12 aromatic rings. The van der Waals surface area contributed by atoms with E-state index in [1.165, 1.54) is 66.8 Å². The monoisotopic (exact) mass is 2110 g/mol. The molecular formula is C132H174N6O6Si6. The fourth-order valence-corrected chi connectivity index (χ4v) is 58.6. The zero-order valence-corrected chi connectivity index (χ0v) is 98.7. The highest BCUT2D eigenvalue weighted by Crippen LogP contribution is 2.56. The van der Waals surface area contributed by atoms with Gasteiger partial charge in [0.1, 0.15) is 0 Å². The van der Waals surface area contributed by atoms with Crippen molar-refractivity contribution in [2.75, 3.05) is 0 Å². The van der Waals surface area contributed by atoms with Crippen molar-refractivity contribution in [1.82, 2.24) is 0 Å². The predicted molar refractivity (Wildman–Crippen MR) is 654 cm³/mol. The summed E-state index contributed by atoms with van der Waals surface area (Å²) in [6, 6.07) is 121. The summed E-state index contributed by atoms with van der Waals surface area (Å²) in [5.74, 6) is 0. The first-order chi connectivity index (χ1) is 73.2. The largest absolute Gasteiger partial charge is 0.416 e. The van der Waals surface area contributed by atoms with Gasteiger partial charge in [-0.1, -0.05) is 335 Å². The second-order valence-corrected chi connectivity index (χ2v) is 65.2. The van der Waals surface area contributed by atoms with Crippen molar-refractivity contribution < 1.29 is 24.7 Å². The van der Waals surface area contributed by atoms with Crippen LogP contribution in [0.3, 0.4) is 0 Å². The van der Waals surface area contributed by atoms with Gasteiger partial charge in [-0.25, -0.2) is 0 Å². The maximum Gasteiger partial charge on any atom is 0.338 e. The second-order valence-electron chi connectivity index (χ2n) is 43.2. The fraction of sp³-hybridized carbons (Fsp3) is 0.409. The van der Waals surface area contributed by atoms with E-state index in [1.54, 1.807) is 0 Å². The van der Waals surface area contributed by atoms with E-state index >= 15 is 0 Å². The Labute approximate surface area is 910 Å². The third-order valence-electron chi connectivity index (χ3n) is 29.4. The fourth-order valence-electron chi connectivity index (χ4n) is 21.4. The number of hydrogen-bond acceptors (Lipinski definition) is 12. The van der Waals surface area contributed by atoms with E-state index < -0.39 is 84.6 Å². The molecule has 150 heavy (non-hydrogen) atoms. The Morgan fingerprint density at radius 2 is 0.300 bits per heavy atom. The zero-order valence-electron chi connectivity index (χ0n) is 92.7. The van der Waals surface area contributed by atoms with Crippen molar-refractivity contribution >= 4 is 123 Å². The first-order valence-electron chi connectivity index (χ1n) is 57.4. The molecule has 792 valence electrons. The quantitative estimate of drug-likeness (QED) is 0.0276. The Morgan fingerprint density at radius 1 is 0.167 bits per heavy atom. The molecule has 6 unspecified atom stereocenters. The van der Waals surface area contributed by atoms with E-state index in [1.807, 2.05) is 0 Å². The summed E-state index contributed by atoms with van der Waals surface area (Å²) in [7, 11) is -26.0. The number of benzene rings is 12. The number of rotatable bonds is 60. The van der Waals surface area contributed by atoms with Crippen LogP contribution in [0.4, 0.5) is 34.1 Å². The van der Waals surface area contributed by atoms with Crippen LogP contribution in [0.15, 0.2) is 358 Å². The Morgan fingerprint density at radius 3 is 0.453 bits per heavy atom. The van der Waals surface area contributed by atoms with Crippen LogP contribution in [-0.4, -0.2) is 88.7 Å². The molecule has 12 nitrogen and oxygen atoms in total. The van der Waals surface area contributed by atoms with Gasteiger partial charge < -0.3 is 24.7 Å². The minimum absolute atomic E-state index is 0.570. The van der Waals surface area contributed by atoms with Crippen LogP contribution in [-0.2, 0) is 102 Å². The van der Waals surface area contributed by atoms with Crippen LogP contribution < -0.4 is 0 Å².